The normalized spacial score (nSPS) is 10.9. The van der Waals surface area contributed by atoms with E-state index >= 15 is 0 Å². The van der Waals surface area contributed by atoms with Crippen LogP contribution >= 0.6 is 11.3 Å². The maximum absolute atomic E-state index is 12.5. The summed E-state index contributed by atoms with van der Waals surface area (Å²) in [5.74, 6) is -0.153. The van der Waals surface area contributed by atoms with Crippen LogP contribution in [0.25, 0.3) is 0 Å². The average Bonchev–Trinajstić information content (AvgIpc) is 2.94. The number of nitrogens with one attached hydrogen (secondary N) is 1. The number of carbonyl (C=O) groups excluding carboxylic acids is 2. The van der Waals surface area contributed by atoms with Crippen LogP contribution in [0.1, 0.15) is 43.7 Å². The van der Waals surface area contributed by atoms with E-state index < -0.39 is 0 Å². The lowest BCUT2D eigenvalue weighted by molar-refractivity contribution is -0.134. The van der Waals surface area contributed by atoms with E-state index in [-0.39, 0.29) is 30.3 Å². The van der Waals surface area contributed by atoms with Crippen LogP contribution in [0.5, 0.6) is 0 Å². The minimum atomic E-state index is -0.200. The minimum absolute atomic E-state index is 0.0474. The molecule has 1 N–H and O–H groups in total. The summed E-state index contributed by atoms with van der Waals surface area (Å²) in [4.78, 5) is 30.8. The van der Waals surface area contributed by atoms with Gasteiger partial charge in [0.1, 0.15) is 0 Å². The number of amides is 2. The summed E-state index contributed by atoms with van der Waals surface area (Å²) in [5.41, 5.74) is 1.26. The number of hydrogen-bond donors (Lipinski definition) is 1. The number of aromatic nitrogens is 1. The molecule has 0 atom stereocenters. The van der Waals surface area contributed by atoms with Crippen molar-refractivity contribution in [1.82, 2.24) is 9.88 Å². The zero-order chi connectivity index (χ0) is 17.7. The van der Waals surface area contributed by atoms with Crippen molar-refractivity contribution in [3.8, 4) is 0 Å². The molecule has 0 saturated heterocycles. The molecule has 2 aromatic rings. The lowest BCUT2D eigenvalue weighted by atomic mass is 10.2. The van der Waals surface area contributed by atoms with Gasteiger partial charge in [-0.1, -0.05) is 18.2 Å². The van der Waals surface area contributed by atoms with E-state index in [1.807, 2.05) is 56.2 Å². The predicted octanol–water partition coefficient (Wildman–Crippen LogP) is 3.58. The highest BCUT2D eigenvalue weighted by molar-refractivity contribution is 7.14. The van der Waals surface area contributed by atoms with Gasteiger partial charge in [-0.05, 0) is 39.8 Å². The Labute approximate surface area is 146 Å². The van der Waals surface area contributed by atoms with Gasteiger partial charge in [0, 0.05) is 23.0 Å². The van der Waals surface area contributed by atoms with E-state index in [2.05, 4.69) is 10.3 Å². The van der Waals surface area contributed by atoms with Gasteiger partial charge in [0.2, 0.25) is 5.91 Å². The predicted molar refractivity (Wildman–Crippen MR) is 97.3 cm³/mol. The molecule has 6 heteroatoms. The summed E-state index contributed by atoms with van der Waals surface area (Å²) in [6.45, 7) is 8.02. The molecule has 0 fully saturated rings. The highest BCUT2D eigenvalue weighted by Crippen LogP contribution is 2.18. The van der Waals surface area contributed by atoms with E-state index in [9.17, 15) is 9.59 Å². The SMILES string of the molecule is CC(C)N(C(=O)Cc1csc(NC(=O)c2ccccc2)n1)C(C)C. The highest BCUT2D eigenvalue weighted by atomic mass is 32.1. The topological polar surface area (TPSA) is 62.3 Å². The molecule has 0 aliphatic rings. The van der Waals surface area contributed by atoms with Gasteiger partial charge in [0.05, 0.1) is 12.1 Å². The zero-order valence-corrected chi connectivity index (χ0v) is 15.3. The van der Waals surface area contributed by atoms with Gasteiger partial charge in [-0.25, -0.2) is 4.98 Å². The number of nitrogens with zero attached hydrogens (tertiary/aromatic N) is 2. The second-order valence-corrected chi connectivity index (χ2v) is 6.99. The fourth-order valence-corrected chi connectivity index (χ4v) is 3.33. The second-order valence-electron chi connectivity index (χ2n) is 6.13. The molecule has 128 valence electrons. The second kappa shape index (κ2) is 8.06. The standard InChI is InChI=1S/C18H23N3O2S/c1-12(2)21(13(3)4)16(22)10-15-11-24-18(19-15)20-17(23)14-8-6-5-7-9-14/h5-9,11-13H,10H2,1-4H3,(H,19,20,23). The third-order valence-electron chi connectivity index (χ3n) is 3.54. The van der Waals surface area contributed by atoms with E-state index in [4.69, 9.17) is 0 Å². The Bertz CT molecular complexity index is 687. The van der Waals surface area contributed by atoms with Crippen LogP contribution in [0.4, 0.5) is 5.13 Å². The van der Waals surface area contributed by atoms with Crippen LogP contribution < -0.4 is 5.32 Å². The molecule has 5 nitrogen and oxygen atoms in total. The summed E-state index contributed by atoms with van der Waals surface area (Å²) in [5, 5.41) is 5.09. The van der Waals surface area contributed by atoms with Crippen LogP contribution in [-0.4, -0.2) is 33.8 Å². The molecule has 2 amide bonds. The molecule has 0 aliphatic carbocycles. The Hall–Kier alpha value is -2.21. The molecule has 0 radical (unpaired) electrons. The fraction of sp³-hybridized carbons (Fsp3) is 0.389. The first-order chi connectivity index (χ1) is 11.4. The van der Waals surface area contributed by atoms with Gasteiger partial charge in [-0.3, -0.25) is 14.9 Å². The van der Waals surface area contributed by atoms with Crippen molar-refractivity contribution in [2.24, 2.45) is 0 Å². The number of anilines is 1. The molecule has 0 spiro atoms. The minimum Gasteiger partial charge on any atom is -0.338 e. The number of thiazole rings is 1. The van der Waals surface area contributed by atoms with Crippen molar-refractivity contribution in [3.05, 3.63) is 47.0 Å². The molecule has 1 heterocycles. The quantitative estimate of drug-likeness (QED) is 0.870. The molecule has 1 aromatic carbocycles. The maximum atomic E-state index is 12.5. The average molecular weight is 345 g/mol. The van der Waals surface area contributed by atoms with E-state index in [1.54, 1.807) is 12.1 Å². The molecule has 24 heavy (non-hydrogen) atoms. The third kappa shape index (κ3) is 4.64. The van der Waals surface area contributed by atoms with Gasteiger partial charge in [0.15, 0.2) is 5.13 Å². The summed E-state index contributed by atoms with van der Waals surface area (Å²) in [7, 11) is 0. The summed E-state index contributed by atoms with van der Waals surface area (Å²) in [6.07, 6.45) is 0.244. The summed E-state index contributed by atoms with van der Waals surface area (Å²) in [6, 6.07) is 9.27. The first-order valence-corrected chi connectivity index (χ1v) is 8.88. The van der Waals surface area contributed by atoms with Crippen LogP contribution in [-0.2, 0) is 11.2 Å². The molecule has 2 rings (SSSR count). The monoisotopic (exact) mass is 345 g/mol. The summed E-state index contributed by atoms with van der Waals surface area (Å²) < 4.78 is 0. The van der Waals surface area contributed by atoms with Gasteiger partial charge in [0.25, 0.3) is 5.91 Å². The molecule has 0 unspecified atom stereocenters. The van der Waals surface area contributed by atoms with Crippen molar-refractivity contribution in [2.45, 2.75) is 46.2 Å². The molecule has 0 aliphatic heterocycles. The third-order valence-corrected chi connectivity index (χ3v) is 4.35. The van der Waals surface area contributed by atoms with Crippen molar-refractivity contribution >= 4 is 28.3 Å². The van der Waals surface area contributed by atoms with E-state index in [0.29, 0.717) is 16.4 Å². The Kier molecular flexibility index (Phi) is 6.09. The Balaban J connectivity index is 2.00. The number of benzene rings is 1. The van der Waals surface area contributed by atoms with Gasteiger partial charge < -0.3 is 4.90 Å². The fourth-order valence-electron chi connectivity index (χ4n) is 2.62. The first-order valence-electron chi connectivity index (χ1n) is 8.00. The lowest BCUT2D eigenvalue weighted by Crippen LogP contribution is -2.42. The van der Waals surface area contributed by atoms with Crippen LogP contribution in [0.2, 0.25) is 0 Å². The smallest absolute Gasteiger partial charge is 0.257 e. The van der Waals surface area contributed by atoms with Crippen molar-refractivity contribution in [2.75, 3.05) is 5.32 Å². The largest absolute Gasteiger partial charge is 0.338 e. The van der Waals surface area contributed by atoms with Crippen LogP contribution in [0, 0.1) is 0 Å². The number of carbonyl (C=O) groups is 2. The highest BCUT2D eigenvalue weighted by Gasteiger charge is 2.21. The molecular formula is C18H23N3O2S. The van der Waals surface area contributed by atoms with Crippen LogP contribution in [0.3, 0.4) is 0 Å². The Morgan fingerprint density at radius 3 is 2.33 bits per heavy atom. The Morgan fingerprint density at radius 2 is 1.75 bits per heavy atom. The zero-order valence-electron chi connectivity index (χ0n) is 14.4. The van der Waals surface area contributed by atoms with Crippen LogP contribution in [0.15, 0.2) is 35.7 Å². The maximum Gasteiger partial charge on any atom is 0.257 e. The number of hydrogen-bond acceptors (Lipinski definition) is 4. The van der Waals surface area contributed by atoms with Crippen molar-refractivity contribution in [1.29, 1.82) is 0 Å². The lowest BCUT2D eigenvalue weighted by Gasteiger charge is -2.30. The van der Waals surface area contributed by atoms with Crippen molar-refractivity contribution < 1.29 is 9.59 Å². The number of rotatable bonds is 6. The van der Waals surface area contributed by atoms with Crippen molar-refractivity contribution in [3.63, 3.8) is 0 Å². The molecular weight excluding hydrogens is 322 g/mol. The summed E-state index contributed by atoms with van der Waals surface area (Å²) >= 11 is 1.33. The van der Waals surface area contributed by atoms with E-state index in [0.717, 1.165) is 0 Å². The first kappa shape index (κ1) is 18.1. The molecule has 1 aromatic heterocycles. The van der Waals surface area contributed by atoms with Gasteiger partial charge in [-0.15, -0.1) is 11.3 Å². The molecule has 0 saturated carbocycles. The van der Waals surface area contributed by atoms with Gasteiger partial charge >= 0.3 is 0 Å². The Morgan fingerprint density at radius 1 is 1.12 bits per heavy atom. The molecule has 0 bridgehead atoms. The van der Waals surface area contributed by atoms with E-state index in [1.165, 1.54) is 11.3 Å². The van der Waals surface area contributed by atoms with Gasteiger partial charge in [-0.2, -0.15) is 0 Å².